The van der Waals surface area contributed by atoms with Crippen LogP contribution in [0.2, 0.25) is 0 Å². The second-order valence-electron chi connectivity index (χ2n) is 5.17. The Morgan fingerprint density at radius 1 is 1.35 bits per heavy atom. The maximum atomic E-state index is 12.0. The molecule has 0 aliphatic heterocycles. The number of nitrogens with one attached hydrogen (secondary N) is 1. The first-order valence-electron chi connectivity index (χ1n) is 6.00. The second kappa shape index (κ2) is 6.47. The summed E-state index contributed by atoms with van der Waals surface area (Å²) >= 11 is 0. The van der Waals surface area contributed by atoms with Gasteiger partial charge in [-0.1, -0.05) is 6.92 Å². The van der Waals surface area contributed by atoms with Crippen LogP contribution in [-0.2, 0) is 4.79 Å². The molecule has 100 valence electrons. The zero-order valence-electron chi connectivity index (χ0n) is 11.4. The van der Waals surface area contributed by atoms with Crippen LogP contribution in [0.5, 0.6) is 0 Å². The van der Waals surface area contributed by atoms with Crippen LogP contribution in [-0.4, -0.2) is 40.1 Å². The van der Waals surface area contributed by atoms with Gasteiger partial charge in [-0.15, -0.1) is 0 Å². The van der Waals surface area contributed by atoms with Gasteiger partial charge in [0.1, 0.15) is 0 Å². The number of rotatable bonds is 6. The highest BCUT2D eigenvalue weighted by atomic mass is 16.4. The first-order valence-corrected chi connectivity index (χ1v) is 6.00. The average molecular weight is 244 g/mol. The highest BCUT2D eigenvalue weighted by molar-refractivity contribution is 5.77. The Hall–Kier alpha value is -1.26. The monoisotopic (exact) mass is 244 g/mol. The number of carbonyl (C=O) groups is 2. The van der Waals surface area contributed by atoms with Gasteiger partial charge in [0.05, 0.1) is 6.42 Å². The molecule has 0 aliphatic carbocycles. The van der Waals surface area contributed by atoms with Crippen molar-refractivity contribution in [1.82, 2.24) is 10.2 Å². The summed E-state index contributed by atoms with van der Waals surface area (Å²) in [5, 5.41) is 11.5. The Kier molecular flexibility index (Phi) is 5.99. The van der Waals surface area contributed by atoms with Gasteiger partial charge in [0.15, 0.2) is 0 Å². The molecule has 0 rings (SSSR count). The summed E-state index contributed by atoms with van der Waals surface area (Å²) < 4.78 is 0. The third-order valence-electron chi connectivity index (χ3n) is 2.39. The smallest absolute Gasteiger partial charge is 0.318 e. The fourth-order valence-electron chi connectivity index (χ4n) is 1.62. The van der Waals surface area contributed by atoms with Crippen molar-refractivity contribution < 1.29 is 14.7 Å². The van der Waals surface area contributed by atoms with Crippen molar-refractivity contribution in [3.05, 3.63) is 0 Å². The van der Waals surface area contributed by atoms with E-state index in [9.17, 15) is 9.59 Å². The lowest BCUT2D eigenvalue weighted by Gasteiger charge is -2.32. The van der Waals surface area contributed by atoms with Crippen LogP contribution in [0.25, 0.3) is 0 Å². The molecule has 0 saturated carbocycles. The molecule has 2 amide bonds. The maximum Gasteiger partial charge on any atom is 0.318 e. The summed E-state index contributed by atoms with van der Waals surface area (Å²) in [5.41, 5.74) is -0.732. The third-order valence-corrected chi connectivity index (χ3v) is 2.39. The van der Waals surface area contributed by atoms with E-state index in [4.69, 9.17) is 5.11 Å². The van der Waals surface area contributed by atoms with E-state index in [1.807, 2.05) is 20.8 Å². The molecule has 0 aliphatic rings. The molecule has 17 heavy (non-hydrogen) atoms. The minimum Gasteiger partial charge on any atom is -0.481 e. The average Bonchev–Trinajstić information content (AvgIpc) is 2.09. The standard InChI is InChI=1S/C12H24N2O3/c1-6-7-14(9(2)3)11(17)13-12(4,5)8-10(15)16/h9H,6-8H2,1-5H3,(H,13,17)(H,15,16). The highest BCUT2D eigenvalue weighted by Crippen LogP contribution is 2.10. The molecule has 0 heterocycles. The minimum absolute atomic E-state index is 0.0865. The fourth-order valence-corrected chi connectivity index (χ4v) is 1.62. The Balaban J connectivity index is 4.53. The lowest BCUT2D eigenvalue weighted by atomic mass is 10.0. The molecule has 0 bridgehead atoms. The molecule has 5 nitrogen and oxygen atoms in total. The summed E-state index contributed by atoms with van der Waals surface area (Å²) in [6, 6.07) is -0.0938. The third kappa shape index (κ3) is 6.14. The number of hydrogen-bond acceptors (Lipinski definition) is 2. The lowest BCUT2D eigenvalue weighted by Crippen LogP contribution is -2.52. The van der Waals surface area contributed by atoms with E-state index in [-0.39, 0.29) is 18.5 Å². The number of carboxylic acids is 1. The van der Waals surface area contributed by atoms with E-state index in [0.29, 0.717) is 6.54 Å². The van der Waals surface area contributed by atoms with Crippen molar-refractivity contribution in [1.29, 1.82) is 0 Å². The maximum absolute atomic E-state index is 12.0. The molecule has 0 aromatic rings. The van der Waals surface area contributed by atoms with Crippen LogP contribution in [0.4, 0.5) is 4.79 Å². The van der Waals surface area contributed by atoms with Crippen LogP contribution in [0, 0.1) is 0 Å². The largest absolute Gasteiger partial charge is 0.481 e. The fraction of sp³-hybridized carbons (Fsp3) is 0.833. The quantitative estimate of drug-likeness (QED) is 0.751. The van der Waals surface area contributed by atoms with Crippen LogP contribution < -0.4 is 5.32 Å². The SMILES string of the molecule is CCCN(C(=O)NC(C)(C)CC(=O)O)C(C)C. The van der Waals surface area contributed by atoms with E-state index >= 15 is 0 Å². The molecule has 0 spiro atoms. The Labute approximate surface area is 103 Å². The molecule has 0 atom stereocenters. The normalized spacial score (nSPS) is 11.4. The van der Waals surface area contributed by atoms with Gasteiger partial charge >= 0.3 is 12.0 Å². The summed E-state index contributed by atoms with van der Waals surface area (Å²) in [7, 11) is 0. The highest BCUT2D eigenvalue weighted by Gasteiger charge is 2.26. The van der Waals surface area contributed by atoms with Crippen LogP contribution in [0.3, 0.4) is 0 Å². The van der Waals surface area contributed by atoms with Crippen molar-refractivity contribution in [2.45, 2.75) is 59.0 Å². The molecule has 5 heteroatoms. The number of amides is 2. The molecule has 0 radical (unpaired) electrons. The number of carboxylic acid groups (broad SMARTS) is 1. The van der Waals surface area contributed by atoms with Crippen molar-refractivity contribution in [2.24, 2.45) is 0 Å². The van der Waals surface area contributed by atoms with Crippen LogP contribution in [0.1, 0.15) is 47.5 Å². The lowest BCUT2D eigenvalue weighted by molar-refractivity contribution is -0.138. The van der Waals surface area contributed by atoms with Crippen molar-refractivity contribution in [3.8, 4) is 0 Å². The topological polar surface area (TPSA) is 69.6 Å². The van der Waals surface area contributed by atoms with Gasteiger partial charge in [0.25, 0.3) is 0 Å². The molecule has 0 unspecified atom stereocenters. The predicted molar refractivity (Wildman–Crippen MR) is 67.0 cm³/mol. The predicted octanol–water partition coefficient (Wildman–Crippen LogP) is 2.07. The molecule has 2 N–H and O–H groups in total. The number of nitrogens with zero attached hydrogens (tertiary/aromatic N) is 1. The number of aliphatic carboxylic acids is 1. The van der Waals surface area contributed by atoms with E-state index < -0.39 is 11.5 Å². The molecule has 0 aromatic heterocycles. The molecule has 0 fully saturated rings. The van der Waals surface area contributed by atoms with Gasteiger partial charge in [0.2, 0.25) is 0 Å². The Morgan fingerprint density at radius 2 is 1.88 bits per heavy atom. The van der Waals surface area contributed by atoms with Gasteiger partial charge in [-0.2, -0.15) is 0 Å². The van der Waals surface area contributed by atoms with Gasteiger partial charge in [-0.25, -0.2) is 4.79 Å². The molecular weight excluding hydrogens is 220 g/mol. The van der Waals surface area contributed by atoms with E-state index in [1.165, 1.54) is 0 Å². The van der Waals surface area contributed by atoms with Gasteiger partial charge in [-0.3, -0.25) is 4.79 Å². The first kappa shape index (κ1) is 15.7. The van der Waals surface area contributed by atoms with Gasteiger partial charge in [0, 0.05) is 18.1 Å². The molecular formula is C12H24N2O3. The van der Waals surface area contributed by atoms with Crippen LogP contribution >= 0.6 is 0 Å². The van der Waals surface area contributed by atoms with Gasteiger partial charge < -0.3 is 15.3 Å². The number of hydrogen-bond donors (Lipinski definition) is 2. The van der Waals surface area contributed by atoms with E-state index in [2.05, 4.69) is 5.32 Å². The summed E-state index contributed by atoms with van der Waals surface area (Å²) in [6.45, 7) is 9.99. The Morgan fingerprint density at radius 3 is 2.24 bits per heavy atom. The van der Waals surface area contributed by atoms with E-state index in [1.54, 1.807) is 18.7 Å². The summed E-state index contributed by atoms with van der Waals surface area (Å²) in [6.07, 6.45) is 0.793. The van der Waals surface area contributed by atoms with E-state index in [0.717, 1.165) is 6.42 Å². The Bertz CT molecular complexity index is 275. The summed E-state index contributed by atoms with van der Waals surface area (Å²) in [5.74, 6) is -0.915. The first-order chi connectivity index (χ1) is 7.69. The van der Waals surface area contributed by atoms with Crippen molar-refractivity contribution in [2.75, 3.05) is 6.54 Å². The van der Waals surface area contributed by atoms with Crippen molar-refractivity contribution in [3.63, 3.8) is 0 Å². The number of carbonyl (C=O) groups excluding carboxylic acids is 1. The van der Waals surface area contributed by atoms with Crippen LogP contribution in [0.15, 0.2) is 0 Å². The van der Waals surface area contributed by atoms with Crippen molar-refractivity contribution >= 4 is 12.0 Å². The molecule has 0 aromatic carbocycles. The number of urea groups is 1. The summed E-state index contributed by atoms with van der Waals surface area (Å²) in [4.78, 5) is 24.4. The zero-order valence-corrected chi connectivity index (χ0v) is 11.4. The zero-order chi connectivity index (χ0) is 13.6. The minimum atomic E-state index is -0.915. The second-order valence-corrected chi connectivity index (χ2v) is 5.17. The molecule has 0 saturated heterocycles. The van der Waals surface area contributed by atoms with Gasteiger partial charge in [-0.05, 0) is 34.1 Å².